The quantitative estimate of drug-likeness (QED) is 0.299. The minimum absolute atomic E-state index is 1.99. The number of benzene rings is 1. The predicted molar refractivity (Wildman–Crippen MR) is 58.4 cm³/mol. The Kier molecular flexibility index (Phi) is 4.05. The second-order valence-corrected chi connectivity index (χ2v) is 5.80. The van der Waals surface area contributed by atoms with E-state index in [-0.39, 0.29) is 0 Å². The van der Waals surface area contributed by atoms with E-state index in [1.807, 2.05) is 0 Å². The molecule has 0 heterocycles. The summed E-state index contributed by atoms with van der Waals surface area (Å²) >= 11 is 9.94. The topological polar surface area (TPSA) is 0 Å². The van der Waals surface area contributed by atoms with E-state index in [1.165, 1.54) is 0 Å². The highest BCUT2D eigenvalue weighted by atomic mass is 35.5. The molecule has 136 valence electrons. The first kappa shape index (κ1) is 19.4. The van der Waals surface area contributed by atoms with Gasteiger partial charge in [-0.05, 0) is 0 Å². The van der Waals surface area contributed by atoms with E-state index in [4.69, 9.17) is 23.2 Å². The van der Waals surface area contributed by atoms with Gasteiger partial charge < -0.3 is 0 Å². The van der Waals surface area contributed by atoms with Crippen LogP contribution in [0.4, 0.5) is 48.3 Å². The van der Waals surface area contributed by atoms with Gasteiger partial charge in [0, 0.05) is 0 Å². The molecular weight excluding hydrogens is 412 g/mol. The molecule has 2 rings (SSSR count). The average Bonchev–Trinajstić information content (AvgIpc) is 2.39. The van der Waals surface area contributed by atoms with E-state index in [1.54, 1.807) is 0 Å². The monoisotopic (exact) mass is 412 g/mol. The SMILES string of the molecule is Fc1c(F)c2c(c(F)c1C(Cl)Cl)C(F)(F)C(F)(F)C(F)(F)C2(F)F. The molecule has 0 saturated carbocycles. The van der Waals surface area contributed by atoms with Gasteiger partial charge in [0.2, 0.25) is 0 Å². The normalized spacial score (nSPS) is 23.2. The summed E-state index contributed by atoms with van der Waals surface area (Å²) in [5.74, 6) is -35.0. The van der Waals surface area contributed by atoms with E-state index in [9.17, 15) is 48.3 Å². The average molecular weight is 413 g/mol. The van der Waals surface area contributed by atoms with E-state index in [0.29, 0.717) is 0 Å². The maximum atomic E-state index is 13.9. The van der Waals surface area contributed by atoms with Crippen molar-refractivity contribution in [1.29, 1.82) is 0 Å². The lowest BCUT2D eigenvalue weighted by Crippen LogP contribution is -2.64. The molecule has 0 spiro atoms. The number of hydrogen-bond acceptors (Lipinski definition) is 0. The van der Waals surface area contributed by atoms with Crippen LogP contribution >= 0.6 is 23.2 Å². The van der Waals surface area contributed by atoms with E-state index in [2.05, 4.69) is 0 Å². The molecule has 0 radical (unpaired) electrons. The molecule has 0 aromatic heterocycles. The summed E-state index contributed by atoms with van der Waals surface area (Å²) < 4.78 is 148. The van der Waals surface area contributed by atoms with Crippen LogP contribution in [0.1, 0.15) is 21.5 Å². The Hall–Kier alpha value is -0.970. The van der Waals surface area contributed by atoms with Crippen LogP contribution in [0.5, 0.6) is 0 Å². The van der Waals surface area contributed by atoms with E-state index in [0.717, 1.165) is 0 Å². The molecule has 0 nitrogen and oxygen atoms in total. The third-order valence-electron chi connectivity index (χ3n) is 3.38. The van der Waals surface area contributed by atoms with Crippen LogP contribution in [0.15, 0.2) is 0 Å². The van der Waals surface area contributed by atoms with Gasteiger partial charge in [0.15, 0.2) is 11.6 Å². The fourth-order valence-electron chi connectivity index (χ4n) is 2.17. The number of fused-ring (bicyclic) bond motifs is 1. The maximum absolute atomic E-state index is 13.9. The molecule has 0 atom stereocenters. The lowest BCUT2D eigenvalue weighted by Gasteiger charge is -2.43. The third-order valence-corrected chi connectivity index (χ3v) is 3.82. The van der Waals surface area contributed by atoms with Crippen LogP contribution in [-0.4, -0.2) is 11.8 Å². The number of halogens is 13. The summed E-state index contributed by atoms with van der Waals surface area (Å²) in [4.78, 5) is -2.48. The first-order valence-electron chi connectivity index (χ1n) is 5.55. The molecule has 0 fully saturated rings. The molecule has 24 heavy (non-hydrogen) atoms. The highest BCUT2D eigenvalue weighted by Gasteiger charge is 2.86. The van der Waals surface area contributed by atoms with Gasteiger partial charge in [0.1, 0.15) is 10.7 Å². The fourth-order valence-corrected chi connectivity index (χ4v) is 2.55. The summed E-state index contributed by atoms with van der Waals surface area (Å²) in [5.41, 5.74) is -8.36. The van der Waals surface area contributed by atoms with Crippen molar-refractivity contribution in [1.82, 2.24) is 0 Å². The molecule has 0 saturated heterocycles. The van der Waals surface area contributed by atoms with Gasteiger partial charge in [0.05, 0.1) is 16.7 Å². The van der Waals surface area contributed by atoms with Crippen molar-refractivity contribution in [3.63, 3.8) is 0 Å². The molecule has 0 N–H and O–H groups in total. The van der Waals surface area contributed by atoms with Crippen LogP contribution in [-0.2, 0) is 11.8 Å². The summed E-state index contributed by atoms with van der Waals surface area (Å²) in [6, 6.07) is 0. The molecule has 0 bridgehead atoms. The minimum atomic E-state index is -6.85. The van der Waals surface area contributed by atoms with Crippen LogP contribution in [0, 0.1) is 17.5 Å². The largest absolute Gasteiger partial charge is 0.383 e. The number of hydrogen-bond donors (Lipinski definition) is 0. The van der Waals surface area contributed by atoms with Crippen molar-refractivity contribution < 1.29 is 48.3 Å². The van der Waals surface area contributed by atoms with Crippen molar-refractivity contribution in [3.8, 4) is 0 Å². The second kappa shape index (κ2) is 5.03. The zero-order valence-corrected chi connectivity index (χ0v) is 12.0. The Morgan fingerprint density at radius 2 is 0.917 bits per heavy atom. The highest BCUT2D eigenvalue weighted by molar-refractivity contribution is 6.44. The Bertz CT molecular complexity index is 711. The minimum Gasteiger partial charge on any atom is -0.206 e. The van der Waals surface area contributed by atoms with Crippen molar-refractivity contribution in [2.45, 2.75) is 28.5 Å². The molecule has 1 aromatic rings. The zero-order chi connectivity index (χ0) is 19.0. The van der Waals surface area contributed by atoms with Gasteiger partial charge in [-0.25, -0.2) is 13.2 Å². The van der Waals surface area contributed by atoms with Gasteiger partial charge in [-0.3, -0.25) is 0 Å². The number of rotatable bonds is 1. The predicted octanol–water partition coefficient (Wildman–Crippen LogP) is 6.05. The van der Waals surface area contributed by atoms with Gasteiger partial charge in [-0.1, -0.05) is 23.2 Å². The van der Waals surface area contributed by atoms with Gasteiger partial charge >= 0.3 is 23.7 Å². The standard InChI is InChI=1S/C11HCl2F11/c12-7(13)1-4(14)2-3(6(16)5(1)15)9(19,20)11(23,24)10(21,22)8(2,17)18/h7H. The smallest absolute Gasteiger partial charge is 0.206 e. The molecule has 0 aliphatic heterocycles. The molecule has 13 heteroatoms. The zero-order valence-electron chi connectivity index (χ0n) is 10.5. The van der Waals surface area contributed by atoms with Gasteiger partial charge in [0.25, 0.3) is 0 Å². The van der Waals surface area contributed by atoms with Crippen molar-refractivity contribution >= 4 is 23.2 Å². The van der Waals surface area contributed by atoms with Crippen LogP contribution < -0.4 is 0 Å². The van der Waals surface area contributed by atoms with Gasteiger partial charge in [-0.2, -0.15) is 35.1 Å². The molecule has 1 aliphatic rings. The van der Waals surface area contributed by atoms with Crippen LogP contribution in [0.2, 0.25) is 0 Å². The Balaban J connectivity index is 3.12. The maximum Gasteiger partial charge on any atom is 0.383 e. The third kappa shape index (κ3) is 1.94. The molecule has 1 aliphatic carbocycles. The number of alkyl halides is 10. The summed E-state index contributed by atoms with van der Waals surface area (Å²) in [6.07, 6.45) is 0. The molecule has 0 amide bonds. The van der Waals surface area contributed by atoms with Crippen LogP contribution in [0.3, 0.4) is 0 Å². The van der Waals surface area contributed by atoms with Crippen molar-refractivity contribution in [2.75, 3.05) is 0 Å². The lowest BCUT2D eigenvalue weighted by atomic mass is 9.78. The Morgan fingerprint density at radius 1 is 0.583 bits per heavy atom. The lowest BCUT2D eigenvalue weighted by molar-refractivity contribution is -0.387. The fraction of sp³-hybridized carbons (Fsp3) is 0.455. The summed E-state index contributed by atoms with van der Waals surface area (Å²) in [7, 11) is 0. The highest BCUT2D eigenvalue weighted by Crippen LogP contribution is 2.66. The molecule has 1 aromatic carbocycles. The van der Waals surface area contributed by atoms with Gasteiger partial charge in [-0.15, -0.1) is 0 Å². The van der Waals surface area contributed by atoms with Crippen molar-refractivity contribution in [3.05, 3.63) is 34.1 Å². The summed E-state index contributed by atoms with van der Waals surface area (Å²) in [6.45, 7) is 0. The van der Waals surface area contributed by atoms with Crippen molar-refractivity contribution in [2.24, 2.45) is 0 Å². The first-order valence-corrected chi connectivity index (χ1v) is 6.43. The van der Waals surface area contributed by atoms with E-state index < -0.39 is 62.7 Å². The first-order chi connectivity index (χ1) is 10.5. The Labute approximate surface area is 135 Å². The summed E-state index contributed by atoms with van der Waals surface area (Å²) in [5, 5.41) is 0. The molecular formula is C11HCl2F11. The second-order valence-electron chi connectivity index (χ2n) is 4.70. The van der Waals surface area contributed by atoms with E-state index >= 15 is 0 Å². The Morgan fingerprint density at radius 3 is 1.25 bits per heavy atom. The van der Waals surface area contributed by atoms with Crippen LogP contribution in [0.25, 0.3) is 0 Å². The molecule has 0 unspecified atom stereocenters.